The second-order valence-corrected chi connectivity index (χ2v) is 7.15. The van der Waals surface area contributed by atoms with E-state index >= 15 is 0 Å². The number of anilines is 1. The van der Waals surface area contributed by atoms with Gasteiger partial charge in [0.1, 0.15) is 17.5 Å². The van der Waals surface area contributed by atoms with E-state index in [1.165, 1.54) is 12.1 Å². The van der Waals surface area contributed by atoms with Crippen LogP contribution in [0.1, 0.15) is 11.4 Å². The predicted molar refractivity (Wildman–Crippen MR) is 117 cm³/mol. The normalized spacial score (nSPS) is 11.9. The van der Waals surface area contributed by atoms with Crippen molar-refractivity contribution in [2.24, 2.45) is 5.73 Å². The summed E-state index contributed by atoms with van der Waals surface area (Å²) in [6, 6.07) is 19.8. The monoisotopic (exact) mass is 399 g/mol. The summed E-state index contributed by atoms with van der Waals surface area (Å²) in [6.07, 6.45) is 4.60. The Labute approximate surface area is 174 Å². The average Bonchev–Trinajstić information content (AvgIpc) is 2.75. The number of nitrogens with zero attached hydrogens (tertiary/aromatic N) is 3. The molecule has 0 radical (unpaired) electrons. The Hall–Kier alpha value is -3.64. The highest BCUT2D eigenvalue weighted by Gasteiger charge is 2.18. The maximum absolute atomic E-state index is 13.4. The van der Waals surface area contributed by atoms with Crippen LogP contribution < -0.4 is 11.5 Å². The van der Waals surface area contributed by atoms with E-state index in [1.807, 2.05) is 30.3 Å². The number of halogens is 1. The van der Waals surface area contributed by atoms with Crippen molar-refractivity contribution in [3.8, 4) is 22.4 Å². The maximum atomic E-state index is 13.4. The fourth-order valence-corrected chi connectivity index (χ4v) is 3.46. The van der Waals surface area contributed by atoms with Gasteiger partial charge < -0.3 is 11.5 Å². The van der Waals surface area contributed by atoms with Gasteiger partial charge in [-0.05, 0) is 41.8 Å². The second kappa shape index (κ2) is 8.80. The quantitative estimate of drug-likeness (QED) is 0.511. The van der Waals surface area contributed by atoms with Gasteiger partial charge in [0.25, 0.3) is 0 Å². The first-order valence-electron chi connectivity index (χ1n) is 9.72. The molecule has 6 heteroatoms. The highest BCUT2D eigenvalue weighted by Crippen LogP contribution is 2.34. The Bertz CT molecular complexity index is 1120. The Kier molecular flexibility index (Phi) is 5.77. The standard InChI is InChI=1S/C24H22FN5/c25-19-8-6-17(7-9-19)22-23(18-10-12-28-13-11-18)29-21(30-24(22)27)15-20(26)14-16-4-2-1-3-5-16/h1-13,20H,14-15,26H2,(H2,27,29,30). The Morgan fingerprint density at radius 1 is 0.800 bits per heavy atom. The zero-order chi connectivity index (χ0) is 20.9. The van der Waals surface area contributed by atoms with Gasteiger partial charge in [-0.2, -0.15) is 0 Å². The summed E-state index contributed by atoms with van der Waals surface area (Å²) in [5.41, 5.74) is 16.8. The van der Waals surface area contributed by atoms with Gasteiger partial charge in [-0.3, -0.25) is 4.98 Å². The number of nitrogens with two attached hydrogens (primary N) is 2. The van der Waals surface area contributed by atoms with Crippen molar-refractivity contribution in [1.29, 1.82) is 0 Å². The Morgan fingerprint density at radius 2 is 1.50 bits per heavy atom. The lowest BCUT2D eigenvalue weighted by Crippen LogP contribution is -2.26. The number of benzene rings is 2. The molecule has 1 atom stereocenters. The molecule has 2 heterocycles. The molecule has 30 heavy (non-hydrogen) atoms. The molecule has 0 saturated heterocycles. The molecule has 0 spiro atoms. The molecular formula is C24H22FN5. The van der Waals surface area contributed by atoms with E-state index in [9.17, 15) is 4.39 Å². The van der Waals surface area contributed by atoms with Gasteiger partial charge in [0.15, 0.2) is 0 Å². The van der Waals surface area contributed by atoms with E-state index in [0.717, 1.165) is 16.7 Å². The number of hydrogen-bond acceptors (Lipinski definition) is 5. The predicted octanol–water partition coefficient (Wildman–Crippen LogP) is 4.04. The summed E-state index contributed by atoms with van der Waals surface area (Å²) in [6.45, 7) is 0. The van der Waals surface area contributed by atoms with Gasteiger partial charge in [0, 0.05) is 30.4 Å². The average molecular weight is 399 g/mol. The van der Waals surface area contributed by atoms with E-state index in [-0.39, 0.29) is 11.9 Å². The van der Waals surface area contributed by atoms with Crippen molar-refractivity contribution >= 4 is 5.82 Å². The number of hydrogen-bond donors (Lipinski definition) is 2. The molecule has 0 aliphatic heterocycles. The minimum absolute atomic E-state index is 0.145. The molecule has 4 aromatic rings. The highest BCUT2D eigenvalue weighted by molar-refractivity contribution is 5.87. The molecular weight excluding hydrogens is 377 g/mol. The van der Waals surface area contributed by atoms with Crippen LogP contribution in [-0.4, -0.2) is 21.0 Å². The van der Waals surface area contributed by atoms with Crippen LogP contribution in [0.25, 0.3) is 22.4 Å². The van der Waals surface area contributed by atoms with Gasteiger partial charge in [-0.15, -0.1) is 0 Å². The first-order valence-corrected chi connectivity index (χ1v) is 9.72. The van der Waals surface area contributed by atoms with Crippen molar-refractivity contribution in [2.75, 3.05) is 5.73 Å². The number of nitrogen functional groups attached to an aromatic ring is 1. The van der Waals surface area contributed by atoms with Gasteiger partial charge in [-0.1, -0.05) is 42.5 Å². The van der Waals surface area contributed by atoms with E-state index in [2.05, 4.69) is 22.1 Å². The van der Waals surface area contributed by atoms with Crippen LogP contribution in [-0.2, 0) is 12.8 Å². The van der Waals surface area contributed by atoms with Gasteiger partial charge in [0.05, 0.1) is 11.3 Å². The molecule has 4 N–H and O–H groups in total. The summed E-state index contributed by atoms with van der Waals surface area (Å²) in [7, 11) is 0. The van der Waals surface area contributed by atoms with E-state index in [4.69, 9.17) is 16.5 Å². The molecule has 0 fully saturated rings. The van der Waals surface area contributed by atoms with E-state index < -0.39 is 0 Å². The topological polar surface area (TPSA) is 90.7 Å². The lowest BCUT2D eigenvalue weighted by atomic mass is 9.99. The van der Waals surface area contributed by atoms with E-state index in [0.29, 0.717) is 35.7 Å². The number of pyridine rings is 1. The summed E-state index contributed by atoms with van der Waals surface area (Å²) >= 11 is 0. The smallest absolute Gasteiger partial charge is 0.135 e. The largest absolute Gasteiger partial charge is 0.383 e. The minimum Gasteiger partial charge on any atom is -0.383 e. The molecule has 2 aromatic carbocycles. The van der Waals surface area contributed by atoms with Gasteiger partial charge in [0.2, 0.25) is 0 Å². The van der Waals surface area contributed by atoms with Gasteiger partial charge in [-0.25, -0.2) is 14.4 Å². The Morgan fingerprint density at radius 3 is 2.20 bits per heavy atom. The molecule has 0 saturated carbocycles. The minimum atomic E-state index is -0.313. The van der Waals surface area contributed by atoms with Crippen molar-refractivity contribution in [3.05, 3.63) is 96.3 Å². The van der Waals surface area contributed by atoms with Crippen LogP contribution >= 0.6 is 0 Å². The lowest BCUT2D eigenvalue weighted by Gasteiger charge is -2.16. The number of aromatic nitrogens is 3. The van der Waals surface area contributed by atoms with Crippen molar-refractivity contribution in [3.63, 3.8) is 0 Å². The fraction of sp³-hybridized carbons (Fsp3) is 0.125. The molecule has 4 rings (SSSR count). The zero-order valence-electron chi connectivity index (χ0n) is 16.4. The summed E-state index contributed by atoms with van der Waals surface area (Å²) in [4.78, 5) is 13.4. The molecule has 5 nitrogen and oxygen atoms in total. The van der Waals surface area contributed by atoms with Gasteiger partial charge >= 0.3 is 0 Å². The third-order valence-electron chi connectivity index (χ3n) is 4.86. The first-order chi connectivity index (χ1) is 14.6. The van der Waals surface area contributed by atoms with Crippen LogP contribution in [0.3, 0.4) is 0 Å². The van der Waals surface area contributed by atoms with E-state index in [1.54, 1.807) is 24.5 Å². The summed E-state index contributed by atoms with van der Waals surface area (Å²) in [5, 5.41) is 0. The lowest BCUT2D eigenvalue weighted by molar-refractivity contribution is 0.628. The SMILES string of the molecule is Nc1nc(CC(N)Cc2ccccc2)nc(-c2ccncc2)c1-c1ccc(F)cc1. The van der Waals surface area contributed by atoms with Crippen molar-refractivity contribution in [2.45, 2.75) is 18.9 Å². The fourth-order valence-electron chi connectivity index (χ4n) is 3.46. The van der Waals surface area contributed by atoms with Crippen LogP contribution in [0.5, 0.6) is 0 Å². The third kappa shape index (κ3) is 4.50. The molecule has 150 valence electrons. The molecule has 2 aromatic heterocycles. The molecule has 1 unspecified atom stereocenters. The molecule has 0 aliphatic carbocycles. The molecule has 0 amide bonds. The molecule has 0 bridgehead atoms. The summed E-state index contributed by atoms with van der Waals surface area (Å²) < 4.78 is 13.4. The molecule has 0 aliphatic rings. The van der Waals surface area contributed by atoms with Crippen molar-refractivity contribution < 1.29 is 4.39 Å². The highest BCUT2D eigenvalue weighted by atomic mass is 19.1. The van der Waals surface area contributed by atoms with Crippen molar-refractivity contribution in [1.82, 2.24) is 15.0 Å². The summed E-state index contributed by atoms with van der Waals surface area (Å²) in [5.74, 6) is 0.603. The second-order valence-electron chi connectivity index (χ2n) is 7.15. The van der Waals surface area contributed by atoms with Crippen LogP contribution in [0.15, 0.2) is 79.1 Å². The van der Waals surface area contributed by atoms with Crippen LogP contribution in [0, 0.1) is 5.82 Å². The first kappa shape index (κ1) is 19.7. The van der Waals surface area contributed by atoms with Crippen LogP contribution in [0.4, 0.5) is 10.2 Å². The zero-order valence-corrected chi connectivity index (χ0v) is 16.4. The number of rotatable bonds is 6. The maximum Gasteiger partial charge on any atom is 0.135 e. The van der Waals surface area contributed by atoms with Crippen LogP contribution in [0.2, 0.25) is 0 Å². The Balaban J connectivity index is 1.71. The third-order valence-corrected chi connectivity index (χ3v) is 4.86.